The summed E-state index contributed by atoms with van der Waals surface area (Å²) in [4.78, 5) is 4.27. The molecule has 1 fully saturated rings. The number of amidine groups is 1. The summed E-state index contributed by atoms with van der Waals surface area (Å²) in [6, 6.07) is 5.26. The van der Waals surface area contributed by atoms with E-state index in [4.69, 9.17) is 28.9 Å². The monoisotopic (exact) mass is 228 g/mol. The molecule has 1 saturated carbocycles. The number of hydrogen-bond acceptors (Lipinski definition) is 1. The molecule has 0 saturated heterocycles. The van der Waals surface area contributed by atoms with Crippen LogP contribution in [0.5, 0.6) is 0 Å². The topological polar surface area (TPSA) is 38.4 Å². The molecule has 4 heteroatoms. The van der Waals surface area contributed by atoms with Gasteiger partial charge in [0.25, 0.3) is 0 Å². The highest BCUT2D eigenvalue weighted by molar-refractivity contribution is 6.42. The largest absolute Gasteiger partial charge is 0.387 e. The van der Waals surface area contributed by atoms with Crippen molar-refractivity contribution in [2.24, 2.45) is 16.6 Å². The molecule has 0 heterocycles. The molecule has 2 N–H and O–H groups in total. The van der Waals surface area contributed by atoms with E-state index in [0.29, 0.717) is 21.8 Å². The van der Waals surface area contributed by atoms with Crippen LogP contribution < -0.4 is 5.73 Å². The van der Waals surface area contributed by atoms with Crippen molar-refractivity contribution >= 4 is 34.7 Å². The Labute approximate surface area is 92.7 Å². The molecule has 0 atom stereocenters. The van der Waals surface area contributed by atoms with Crippen LogP contribution in [-0.4, -0.2) is 5.84 Å². The van der Waals surface area contributed by atoms with Crippen LogP contribution in [0.3, 0.4) is 0 Å². The van der Waals surface area contributed by atoms with Crippen molar-refractivity contribution in [3.05, 3.63) is 28.2 Å². The number of nitrogens with zero attached hydrogens (tertiary/aromatic N) is 1. The summed E-state index contributed by atoms with van der Waals surface area (Å²) in [7, 11) is 0. The molecule has 1 aliphatic carbocycles. The first-order valence-corrected chi connectivity index (χ1v) is 5.21. The van der Waals surface area contributed by atoms with Gasteiger partial charge in [-0.25, -0.2) is 4.99 Å². The van der Waals surface area contributed by atoms with Crippen molar-refractivity contribution in [3.8, 4) is 0 Å². The molecule has 0 spiro atoms. The van der Waals surface area contributed by atoms with Crippen molar-refractivity contribution in [2.45, 2.75) is 12.8 Å². The van der Waals surface area contributed by atoms with Gasteiger partial charge in [0, 0.05) is 5.92 Å². The Morgan fingerprint density at radius 1 is 1.29 bits per heavy atom. The van der Waals surface area contributed by atoms with E-state index in [1.54, 1.807) is 12.1 Å². The third-order valence-electron chi connectivity index (χ3n) is 2.16. The molecular weight excluding hydrogens is 219 g/mol. The molecule has 0 bridgehead atoms. The number of halogens is 2. The Hall–Kier alpha value is -0.730. The minimum absolute atomic E-state index is 0.476. The predicted octanol–water partition coefficient (Wildman–Crippen LogP) is 3.39. The molecule has 2 rings (SSSR count). The average Bonchev–Trinajstić information content (AvgIpc) is 2.94. The van der Waals surface area contributed by atoms with Crippen molar-refractivity contribution in [1.82, 2.24) is 0 Å². The van der Waals surface area contributed by atoms with Crippen molar-refractivity contribution in [2.75, 3.05) is 0 Å². The van der Waals surface area contributed by atoms with Gasteiger partial charge in [-0.3, -0.25) is 0 Å². The maximum atomic E-state index is 5.85. The van der Waals surface area contributed by atoms with Crippen molar-refractivity contribution < 1.29 is 0 Å². The smallest absolute Gasteiger partial charge is 0.103 e. The van der Waals surface area contributed by atoms with Crippen LogP contribution in [0.4, 0.5) is 5.69 Å². The Bertz CT molecular complexity index is 384. The molecule has 14 heavy (non-hydrogen) atoms. The van der Waals surface area contributed by atoms with Gasteiger partial charge in [0.1, 0.15) is 5.84 Å². The van der Waals surface area contributed by atoms with Crippen LogP contribution in [0.1, 0.15) is 12.8 Å². The lowest BCUT2D eigenvalue weighted by Gasteiger charge is -1.99. The molecule has 0 amide bonds. The molecule has 1 aromatic rings. The van der Waals surface area contributed by atoms with E-state index in [1.165, 1.54) is 0 Å². The van der Waals surface area contributed by atoms with Crippen LogP contribution in [0.25, 0.3) is 0 Å². The fourth-order valence-corrected chi connectivity index (χ4v) is 1.47. The van der Waals surface area contributed by atoms with Crippen LogP contribution >= 0.6 is 23.2 Å². The molecule has 0 aliphatic heterocycles. The third-order valence-corrected chi connectivity index (χ3v) is 2.90. The SMILES string of the molecule is NC(=Nc1ccc(Cl)c(Cl)c1)C1CC1. The Kier molecular flexibility index (Phi) is 2.66. The summed E-state index contributed by atoms with van der Waals surface area (Å²) >= 11 is 11.6. The second kappa shape index (κ2) is 3.79. The zero-order valence-electron chi connectivity index (χ0n) is 7.50. The first-order valence-electron chi connectivity index (χ1n) is 4.46. The fourth-order valence-electron chi connectivity index (χ4n) is 1.17. The van der Waals surface area contributed by atoms with E-state index in [9.17, 15) is 0 Å². The van der Waals surface area contributed by atoms with E-state index in [1.807, 2.05) is 6.07 Å². The Morgan fingerprint density at radius 2 is 2.00 bits per heavy atom. The Morgan fingerprint density at radius 3 is 2.57 bits per heavy atom. The highest BCUT2D eigenvalue weighted by Crippen LogP contribution is 2.31. The Balaban J connectivity index is 2.24. The second-order valence-electron chi connectivity index (χ2n) is 3.41. The average molecular weight is 229 g/mol. The van der Waals surface area contributed by atoms with Gasteiger partial charge in [-0.2, -0.15) is 0 Å². The van der Waals surface area contributed by atoms with Gasteiger partial charge in [-0.05, 0) is 31.0 Å². The highest BCUT2D eigenvalue weighted by Gasteiger charge is 2.25. The minimum atomic E-state index is 0.476. The van der Waals surface area contributed by atoms with E-state index in [2.05, 4.69) is 4.99 Å². The van der Waals surface area contributed by atoms with Gasteiger partial charge in [0.2, 0.25) is 0 Å². The zero-order chi connectivity index (χ0) is 10.1. The van der Waals surface area contributed by atoms with E-state index in [-0.39, 0.29) is 0 Å². The third kappa shape index (κ3) is 2.20. The highest BCUT2D eigenvalue weighted by atomic mass is 35.5. The number of benzene rings is 1. The van der Waals surface area contributed by atoms with Crippen LogP contribution in [0.15, 0.2) is 23.2 Å². The minimum Gasteiger partial charge on any atom is -0.387 e. The number of hydrogen-bond donors (Lipinski definition) is 1. The summed E-state index contributed by atoms with van der Waals surface area (Å²) in [5.74, 6) is 1.17. The molecule has 0 aromatic heterocycles. The lowest BCUT2D eigenvalue weighted by atomic mass is 10.3. The lowest BCUT2D eigenvalue weighted by Crippen LogP contribution is -2.12. The van der Waals surface area contributed by atoms with E-state index in [0.717, 1.165) is 18.5 Å². The van der Waals surface area contributed by atoms with Crippen LogP contribution in [-0.2, 0) is 0 Å². The van der Waals surface area contributed by atoms with Gasteiger partial charge in [-0.1, -0.05) is 23.2 Å². The maximum absolute atomic E-state index is 5.85. The number of aliphatic imine (C=N–C) groups is 1. The fraction of sp³-hybridized carbons (Fsp3) is 0.300. The van der Waals surface area contributed by atoms with Crippen molar-refractivity contribution in [1.29, 1.82) is 0 Å². The summed E-state index contributed by atoms with van der Waals surface area (Å²) < 4.78 is 0. The molecule has 0 radical (unpaired) electrons. The normalized spacial score (nSPS) is 17.1. The zero-order valence-corrected chi connectivity index (χ0v) is 9.02. The molecule has 2 nitrogen and oxygen atoms in total. The molecular formula is C10H10Cl2N2. The predicted molar refractivity (Wildman–Crippen MR) is 60.5 cm³/mol. The van der Waals surface area contributed by atoms with Crippen LogP contribution in [0.2, 0.25) is 10.0 Å². The maximum Gasteiger partial charge on any atom is 0.103 e. The van der Waals surface area contributed by atoms with Gasteiger partial charge in [0.15, 0.2) is 0 Å². The number of rotatable bonds is 2. The van der Waals surface area contributed by atoms with E-state index < -0.39 is 0 Å². The second-order valence-corrected chi connectivity index (χ2v) is 4.22. The molecule has 1 aliphatic rings. The van der Waals surface area contributed by atoms with E-state index >= 15 is 0 Å². The van der Waals surface area contributed by atoms with Gasteiger partial charge < -0.3 is 5.73 Å². The molecule has 1 aromatic carbocycles. The first kappa shape index (κ1) is 9.81. The first-order chi connectivity index (χ1) is 6.66. The summed E-state index contributed by atoms with van der Waals surface area (Å²) in [5, 5.41) is 1.05. The standard InChI is InChI=1S/C10H10Cl2N2/c11-8-4-3-7(5-9(8)12)14-10(13)6-1-2-6/h3-6H,1-2H2,(H2,13,14). The summed E-state index contributed by atoms with van der Waals surface area (Å²) in [6.45, 7) is 0. The molecule has 74 valence electrons. The van der Waals surface area contributed by atoms with Gasteiger partial charge in [-0.15, -0.1) is 0 Å². The van der Waals surface area contributed by atoms with Gasteiger partial charge in [0.05, 0.1) is 15.7 Å². The summed E-state index contributed by atoms with van der Waals surface area (Å²) in [5.41, 5.74) is 6.54. The lowest BCUT2D eigenvalue weighted by molar-refractivity contribution is 1.15. The molecule has 0 unspecified atom stereocenters. The number of nitrogens with two attached hydrogens (primary N) is 1. The van der Waals surface area contributed by atoms with Gasteiger partial charge >= 0.3 is 0 Å². The summed E-state index contributed by atoms with van der Waals surface area (Å²) in [6.07, 6.45) is 2.30. The quantitative estimate of drug-likeness (QED) is 0.612. The van der Waals surface area contributed by atoms with Crippen LogP contribution in [0, 0.1) is 5.92 Å². The van der Waals surface area contributed by atoms with Crippen molar-refractivity contribution in [3.63, 3.8) is 0 Å².